The first-order valence-corrected chi connectivity index (χ1v) is 5.73. The van der Waals surface area contributed by atoms with Gasteiger partial charge in [-0.05, 0) is 0 Å². The van der Waals surface area contributed by atoms with E-state index in [1.807, 2.05) is 0 Å². The molecule has 20 heavy (non-hydrogen) atoms. The van der Waals surface area contributed by atoms with E-state index < -0.39 is 45.4 Å². The fraction of sp³-hybridized carbons (Fsp3) is 0.273. The molecule has 0 saturated carbocycles. The van der Waals surface area contributed by atoms with Crippen molar-refractivity contribution in [2.45, 2.75) is 12.6 Å². The van der Waals surface area contributed by atoms with E-state index in [9.17, 15) is 18.0 Å². The van der Waals surface area contributed by atoms with E-state index >= 15 is 0 Å². The Morgan fingerprint density at radius 3 is 2.25 bits per heavy atom. The number of rotatable bonds is 3. The Bertz CT molecular complexity index is 673. The van der Waals surface area contributed by atoms with Crippen molar-refractivity contribution >= 4 is 17.3 Å². The summed E-state index contributed by atoms with van der Waals surface area (Å²) in [5, 5.41) is 34.7. The molecule has 1 unspecified atom stereocenters. The lowest BCUT2D eigenvalue weighted by Gasteiger charge is -2.09. The molecule has 1 aromatic rings. The lowest BCUT2D eigenvalue weighted by molar-refractivity contribution is -0.141. The molecule has 0 spiro atoms. The Balaban J connectivity index is 3.46. The number of halogens is 3. The maximum absolute atomic E-state index is 12.9. The van der Waals surface area contributed by atoms with E-state index in [1.165, 1.54) is 18.2 Å². The molecule has 0 fully saturated rings. The number of carboxylic acid groups (broad SMARTS) is 1. The fourth-order valence-electron chi connectivity index (χ4n) is 1.48. The molecule has 0 aliphatic heterocycles. The van der Waals surface area contributed by atoms with E-state index in [2.05, 4.69) is 0 Å². The molecule has 1 aromatic heterocycles. The number of hydrogen-bond acceptors (Lipinski definition) is 5. The highest BCUT2D eigenvalue weighted by Gasteiger charge is 2.40. The first kappa shape index (κ1) is 15.5. The second-order valence-corrected chi connectivity index (χ2v) is 4.65. The summed E-state index contributed by atoms with van der Waals surface area (Å²) in [5.74, 6) is -3.24. The van der Waals surface area contributed by atoms with Gasteiger partial charge >= 0.3 is 12.1 Å². The van der Waals surface area contributed by atoms with E-state index in [0.29, 0.717) is 11.3 Å². The maximum atomic E-state index is 12.9. The largest absolute Gasteiger partial charge is 0.480 e. The van der Waals surface area contributed by atoms with Gasteiger partial charge in [-0.15, -0.1) is 11.3 Å². The van der Waals surface area contributed by atoms with Crippen LogP contribution in [0.2, 0.25) is 0 Å². The number of nitrogens with zero attached hydrogens (tertiary/aromatic N) is 3. The normalized spacial score (nSPS) is 12.0. The van der Waals surface area contributed by atoms with Crippen LogP contribution in [0.25, 0.3) is 0 Å². The first-order valence-electron chi connectivity index (χ1n) is 4.91. The van der Waals surface area contributed by atoms with Gasteiger partial charge in [0.25, 0.3) is 0 Å². The number of aliphatic carboxylic acids is 1. The molecule has 1 heterocycles. The van der Waals surface area contributed by atoms with Gasteiger partial charge < -0.3 is 5.11 Å². The van der Waals surface area contributed by atoms with E-state index in [4.69, 9.17) is 20.9 Å². The molecule has 1 rings (SSSR count). The van der Waals surface area contributed by atoms with E-state index in [-0.39, 0.29) is 0 Å². The molecule has 102 valence electrons. The number of alkyl halides is 3. The Morgan fingerprint density at radius 1 is 1.30 bits per heavy atom. The minimum Gasteiger partial charge on any atom is -0.480 e. The molecule has 0 aliphatic carbocycles. The average molecular weight is 299 g/mol. The number of carbonyl (C=O) groups is 1. The lowest BCUT2D eigenvalue weighted by atomic mass is 10.0. The standard InChI is InChI=1S/C11H4F3N3O2S/c12-11(13,14)9-6(3-16)8(4-17)20-7(9)1-5(2-15)10(18)19/h5H,1H2,(H,18,19). The smallest absolute Gasteiger partial charge is 0.418 e. The summed E-state index contributed by atoms with van der Waals surface area (Å²) in [6.07, 6.45) is -5.60. The molecule has 5 nitrogen and oxygen atoms in total. The molecule has 9 heteroatoms. The third-order valence-corrected chi connectivity index (χ3v) is 3.44. The molecule has 0 aromatic carbocycles. The van der Waals surface area contributed by atoms with Crippen LogP contribution in [0.15, 0.2) is 0 Å². The van der Waals surface area contributed by atoms with Gasteiger partial charge in [-0.2, -0.15) is 29.0 Å². The van der Waals surface area contributed by atoms with Crippen LogP contribution in [0.4, 0.5) is 13.2 Å². The lowest BCUT2D eigenvalue weighted by Crippen LogP contribution is -2.16. The maximum Gasteiger partial charge on any atom is 0.418 e. The first-order chi connectivity index (χ1) is 9.26. The third-order valence-electron chi connectivity index (χ3n) is 2.32. The molecule has 1 atom stereocenters. The van der Waals surface area contributed by atoms with Crippen LogP contribution in [0.3, 0.4) is 0 Å². The van der Waals surface area contributed by atoms with Crippen molar-refractivity contribution in [3.63, 3.8) is 0 Å². The zero-order chi connectivity index (χ0) is 15.5. The van der Waals surface area contributed by atoms with Gasteiger partial charge in [0.1, 0.15) is 22.9 Å². The van der Waals surface area contributed by atoms with Crippen molar-refractivity contribution in [2.75, 3.05) is 0 Å². The summed E-state index contributed by atoms with van der Waals surface area (Å²) in [6.45, 7) is 0. The van der Waals surface area contributed by atoms with Crippen molar-refractivity contribution in [3.8, 4) is 18.2 Å². The summed E-state index contributed by atoms with van der Waals surface area (Å²) >= 11 is 0.381. The number of thiophene rings is 1. The SMILES string of the molecule is N#Cc1sc(CC(C#N)C(=O)O)c(C(F)(F)F)c1C#N. The van der Waals surface area contributed by atoms with Gasteiger partial charge in [0, 0.05) is 11.3 Å². The van der Waals surface area contributed by atoms with Gasteiger partial charge in [0.2, 0.25) is 0 Å². The summed E-state index contributed by atoms with van der Waals surface area (Å²) in [4.78, 5) is 9.75. The molecule has 0 amide bonds. The fourth-order valence-corrected chi connectivity index (χ4v) is 2.59. The minimum atomic E-state index is -4.90. The molecule has 0 radical (unpaired) electrons. The number of hydrogen-bond donors (Lipinski definition) is 1. The van der Waals surface area contributed by atoms with Crippen LogP contribution in [0, 0.1) is 39.9 Å². The topological polar surface area (TPSA) is 109 Å². The van der Waals surface area contributed by atoms with E-state index in [0.717, 1.165) is 0 Å². The summed E-state index contributed by atoms with van der Waals surface area (Å²) in [7, 11) is 0. The van der Waals surface area contributed by atoms with Gasteiger partial charge in [0.15, 0.2) is 0 Å². The highest BCUT2D eigenvalue weighted by atomic mass is 32.1. The third kappa shape index (κ3) is 2.87. The van der Waals surface area contributed by atoms with Crippen LogP contribution in [0.1, 0.15) is 20.9 Å². The van der Waals surface area contributed by atoms with Gasteiger partial charge in [-0.25, -0.2) is 0 Å². The zero-order valence-corrected chi connectivity index (χ0v) is 10.3. The monoisotopic (exact) mass is 299 g/mol. The van der Waals surface area contributed by atoms with Crippen LogP contribution in [-0.2, 0) is 17.4 Å². The van der Waals surface area contributed by atoms with Crippen molar-refractivity contribution in [1.29, 1.82) is 15.8 Å². The second kappa shape index (κ2) is 5.60. The highest BCUT2D eigenvalue weighted by Crippen LogP contribution is 2.41. The van der Waals surface area contributed by atoms with Crippen LogP contribution >= 0.6 is 11.3 Å². The predicted molar refractivity (Wildman–Crippen MR) is 59.2 cm³/mol. The van der Waals surface area contributed by atoms with Gasteiger partial charge in [-0.1, -0.05) is 0 Å². The molecular weight excluding hydrogens is 295 g/mol. The minimum absolute atomic E-state index is 0.381. The van der Waals surface area contributed by atoms with Crippen LogP contribution in [-0.4, -0.2) is 11.1 Å². The van der Waals surface area contributed by atoms with Crippen molar-refractivity contribution in [3.05, 3.63) is 20.9 Å². The zero-order valence-electron chi connectivity index (χ0n) is 9.52. The summed E-state index contributed by atoms with van der Waals surface area (Å²) < 4.78 is 38.8. The Morgan fingerprint density at radius 2 is 1.90 bits per heavy atom. The van der Waals surface area contributed by atoms with Crippen molar-refractivity contribution in [2.24, 2.45) is 5.92 Å². The molecule has 0 saturated heterocycles. The summed E-state index contributed by atoms with van der Waals surface area (Å²) in [5.41, 5.74) is -2.16. The number of nitriles is 3. The molecule has 0 bridgehead atoms. The van der Waals surface area contributed by atoms with Crippen molar-refractivity contribution in [1.82, 2.24) is 0 Å². The highest BCUT2D eigenvalue weighted by molar-refractivity contribution is 7.13. The Hall–Kier alpha value is -2.57. The van der Waals surface area contributed by atoms with Gasteiger partial charge in [-0.3, -0.25) is 4.79 Å². The van der Waals surface area contributed by atoms with Crippen molar-refractivity contribution < 1.29 is 23.1 Å². The van der Waals surface area contributed by atoms with Crippen LogP contribution in [0.5, 0.6) is 0 Å². The van der Waals surface area contributed by atoms with Gasteiger partial charge in [0.05, 0.1) is 17.2 Å². The average Bonchev–Trinajstić information content (AvgIpc) is 2.72. The second-order valence-electron chi connectivity index (χ2n) is 3.55. The summed E-state index contributed by atoms with van der Waals surface area (Å²) in [6, 6.07) is 4.13. The molecular formula is C11H4F3N3O2S. The quantitative estimate of drug-likeness (QED) is 0.920. The number of carboxylic acids is 1. The Labute approximate surface area is 114 Å². The van der Waals surface area contributed by atoms with E-state index in [1.54, 1.807) is 0 Å². The predicted octanol–water partition coefficient (Wildman–Crippen LogP) is 2.28. The van der Waals surface area contributed by atoms with Crippen LogP contribution < -0.4 is 0 Å². The molecule has 1 N–H and O–H groups in total. The Kier molecular flexibility index (Phi) is 4.34. The molecule has 0 aliphatic rings.